The maximum Gasteiger partial charge on any atom is 0.240 e. The van der Waals surface area contributed by atoms with E-state index in [9.17, 15) is 8.42 Å². The zero-order valence-electron chi connectivity index (χ0n) is 14.4. The number of nitrogens with one attached hydrogen (secondary N) is 2. The quantitative estimate of drug-likeness (QED) is 0.804. The lowest BCUT2D eigenvalue weighted by Gasteiger charge is -2.18. The number of ether oxygens (including phenoxy) is 1. The maximum absolute atomic E-state index is 11.9. The predicted octanol–water partition coefficient (Wildman–Crippen LogP) is 3.48. The molecule has 24 heavy (non-hydrogen) atoms. The van der Waals surface area contributed by atoms with Gasteiger partial charge in [0.25, 0.3) is 0 Å². The minimum Gasteiger partial charge on any atom is -0.379 e. The normalized spacial score (nSPS) is 14.2. The highest BCUT2D eigenvalue weighted by Gasteiger charge is 2.14. The molecule has 130 valence electrons. The molecule has 0 fully saturated rings. The van der Waals surface area contributed by atoms with Gasteiger partial charge in [-0.2, -0.15) is 0 Å². The van der Waals surface area contributed by atoms with Crippen molar-refractivity contribution >= 4 is 15.7 Å². The standard InChI is InChI=1S/C18H24N2O3S/c1-13(15-7-6-10-18(12-15)24(21,22)19-3)20-17-9-5-8-16(11-17)14(2)23-4/h5-14,19-20H,1-4H3/t13-,14-/m1/s1. The van der Waals surface area contributed by atoms with Gasteiger partial charge >= 0.3 is 0 Å². The first-order chi connectivity index (χ1) is 11.4. The van der Waals surface area contributed by atoms with E-state index in [0.717, 1.165) is 16.8 Å². The molecule has 0 radical (unpaired) electrons. The van der Waals surface area contributed by atoms with Crippen LogP contribution in [0.1, 0.15) is 37.1 Å². The van der Waals surface area contributed by atoms with Crippen LogP contribution in [0.4, 0.5) is 5.69 Å². The van der Waals surface area contributed by atoms with E-state index in [4.69, 9.17) is 4.74 Å². The van der Waals surface area contributed by atoms with Crippen LogP contribution < -0.4 is 10.0 Å². The smallest absolute Gasteiger partial charge is 0.240 e. The number of rotatable bonds is 7. The van der Waals surface area contributed by atoms with E-state index in [2.05, 4.69) is 10.0 Å². The van der Waals surface area contributed by atoms with Crippen molar-refractivity contribution < 1.29 is 13.2 Å². The lowest BCUT2D eigenvalue weighted by molar-refractivity contribution is 0.119. The molecule has 0 aliphatic carbocycles. The Morgan fingerprint density at radius 3 is 2.33 bits per heavy atom. The molecule has 0 heterocycles. The molecular weight excluding hydrogens is 324 g/mol. The number of sulfonamides is 1. The number of methoxy groups -OCH3 is 1. The molecule has 0 saturated heterocycles. The van der Waals surface area contributed by atoms with E-state index in [0.29, 0.717) is 0 Å². The summed E-state index contributed by atoms with van der Waals surface area (Å²) in [5.74, 6) is 0. The van der Waals surface area contributed by atoms with Crippen LogP contribution in [0.25, 0.3) is 0 Å². The van der Waals surface area contributed by atoms with Crippen molar-refractivity contribution in [2.75, 3.05) is 19.5 Å². The van der Waals surface area contributed by atoms with Crippen molar-refractivity contribution in [1.82, 2.24) is 4.72 Å². The zero-order valence-corrected chi connectivity index (χ0v) is 15.2. The highest BCUT2D eigenvalue weighted by molar-refractivity contribution is 7.89. The molecule has 2 rings (SSSR count). The van der Waals surface area contributed by atoms with E-state index in [1.807, 2.05) is 44.2 Å². The molecule has 0 spiro atoms. The average Bonchev–Trinajstić information content (AvgIpc) is 2.61. The second kappa shape index (κ2) is 7.79. The highest BCUT2D eigenvalue weighted by atomic mass is 32.2. The van der Waals surface area contributed by atoms with Gasteiger partial charge in [0.2, 0.25) is 10.0 Å². The fourth-order valence-electron chi connectivity index (χ4n) is 2.42. The van der Waals surface area contributed by atoms with Crippen molar-refractivity contribution in [3.05, 3.63) is 59.7 Å². The van der Waals surface area contributed by atoms with Gasteiger partial charge in [0.05, 0.1) is 11.0 Å². The highest BCUT2D eigenvalue weighted by Crippen LogP contribution is 2.24. The van der Waals surface area contributed by atoms with Gasteiger partial charge in [-0.1, -0.05) is 24.3 Å². The molecular formula is C18H24N2O3S. The van der Waals surface area contributed by atoms with Crippen LogP contribution in [0.15, 0.2) is 53.4 Å². The van der Waals surface area contributed by atoms with Gasteiger partial charge in [-0.3, -0.25) is 0 Å². The summed E-state index contributed by atoms with van der Waals surface area (Å²) in [6.07, 6.45) is 0.0196. The van der Waals surface area contributed by atoms with Crippen LogP contribution in [0, 0.1) is 0 Å². The van der Waals surface area contributed by atoms with Crippen LogP contribution in [-0.4, -0.2) is 22.6 Å². The number of benzene rings is 2. The van der Waals surface area contributed by atoms with Crippen molar-refractivity contribution in [3.63, 3.8) is 0 Å². The molecule has 0 saturated carbocycles. The van der Waals surface area contributed by atoms with Gasteiger partial charge in [0, 0.05) is 18.8 Å². The van der Waals surface area contributed by atoms with E-state index in [1.54, 1.807) is 25.3 Å². The number of hydrogen-bond donors (Lipinski definition) is 2. The largest absolute Gasteiger partial charge is 0.379 e. The predicted molar refractivity (Wildman–Crippen MR) is 96.6 cm³/mol. The Bertz CT molecular complexity index is 790. The van der Waals surface area contributed by atoms with Gasteiger partial charge in [0.15, 0.2) is 0 Å². The molecule has 5 nitrogen and oxygen atoms in total. The summed E-state index contributed by atoms with van der Waals surface area (Å²) in [6.45, 7) is 3.99. The van der Waals surface area contributed by atoms with Gasteiger partial charge in [0.1, 0.15) is 0 Å². The molecule has 0 aliphatic rings. The monoisotopic (exact) mass is 348 g/mol. The van der Waals surface area contributed by atoms with Gasteiger partial charge in [-0.25, -0.2) is 13.1 Å². The summed E-state index contributed by atoms with van der Waals surface area (Å²) in [4.78, 5) is 0.262. The number of hydrogen-bond acceptors (Lipinski definition) is 4. The maximum atomic E-state index is 11.9. The topological polar surface area (TPSA) is 67.4 Å². The fraction of sp³-hybridized carbons (Fsp3) is 0.333. The lowest BCUT2D eigenvalue weighted by atomic mass is 10.1. The average molecular weight is 348 g/mol. The van der Waals surface area contributed by atoms with E-state index in [1.165, 1.54) is 7.05 Å². The number of anilines is 1. The molecule has 0 amide bonds. The summed E-state index contributed by atoms with van der Waals surface area (Å²) in [6, 6.07) is 14.9. The van der Waals surface area contributed by atoms with Crippen molar-refractivity contribution in [2.24, 2.45) is 0 Å². The van der Waals surface area contributed by atoms with Crippen LogP contribution >= 0.6 is 0 Å². The Morgan fingerprint density at radius 2 is 1.67 bits per heavy atom. The summed E-state index contributed by atoms with van der Waals surface area (Å²) < 4.78 is 31.6. The molecule has 2 atom stereocenters. The SMILES string of the molecule is CNS(=O)(=O)c1cccc([C@@H](C)Nc2cccc([C@@H](C)OC)c2)c1. The fourth-order valence-corrected chi connectivity index (χ4v) is 3.20. The van der Waals surface area contributed by atoms with Crippen LogP contribution in [-0.2, 0) is 14.8 Å². The lowest BCUT2D eigenvalue weighted by Crippen LogP contribution is -2.19. The third kappa shape index (κ3) is 4.35. The zero-order chi connectivity index (χ0) is 17.7. The minimum atomic E-state index is -3.44. The van der Waals surface area contributed by atoms with E-state index < -0.39 is 10.0 Å². The first-order valence-electron chi connectivity index (χ1n) is 7.80. The third-order valence-electron chi connectivity index (χ3n) is 4.03. The second-order valence-corrected chi connectivity index (χ2v) is 7.54. The summed E-state index contributed by atoms with van der Waals surface area (Å²) in [5, 5.41) is 3.40. The molecule has 2 aromatic carbocycles. The summed E-state index contributed by atoms with van der Waals surface area (Å²) in [5.41, 5.74) is 2.95. The van der Waals surface area contributed by atoms with Crippen LogP contribution in [0.3, 0.4) is 0 Å². The Kier molecular flexibility index (Phi) is 5.99. The van der Waals surface area contributed by atoms with Gasteiger partial charge in [-0.15, -0.1) is 0 Å². The third-order valence-corrected chi connectivity index (χ3v) is 5.44. The summed E-state index contributed by atoms with van der Waals surface area (Å²) >= 11 is 0. The van der Waals surface area contributed by atoms with E-state index >= 15 is 0 Å². The second-order valence-electron chi connectivity index (χ2n) is 5.65. The Hall–Kier alpha value is -1.89. The Morgan fingerprint density at radius 1 is 1.00 bits per heavy atom. The first-order valence-corrected chi connectivity index (χ1v) is 9.28. The Balaban J connectivity index is 2.21. The van der Waals surface area contributed by atoms with E-state index in [-0.39, 0.29) is 17.0 Å². The van der Waals surface area contributed by atoms with Crippen LogP contribution in [0.2, 0.25) is 0 Å². The molecule has 0 aromatic heterocycles. The first kappa shape index (κ1) is 18.4. The molecule has 0 bridgehead atoms. The molecule has 0 aliphatic heterocycles. The van der Waals surface area contributed by atoms with Crippen molar-refractivity contribution in [2.45, 2.75) is 30.9 Å². The Labute approximate surface area is 144 Å². The minimum absolute atomic E-state index is 0.0196. The molecule has 0 unspecified atom stereocenters. The molecule has 6 heteroatoms. The van der Waals surface area contributed by atoms with Gasteiger partial charge < -0.3 is 10.1 Å². The summed E-state index contributed by atoms with van der Waals surface area (Å²) in [7, 11) is -0.352. The molecule has 2 aromatic rings. The molecule has 2 N–H and O–H groups in total. The van der Waals surface area contributed by atoms with Gasteiger partial charge in [-0.05, 0) is 56.3 Å². The van der Waals surface area contributed by atoms with Crippen molar-refractivity contribution in [1.29, 1.82) is 0 Å². The van der Waals surface area contributed by atoms with Crippen molar-refractivity contribution in [3.8, 4) is 0 Å². The van der Waals surface area contributed by atoms with Crippen LogP contribution in [0.5, 0.6) is 0 Å².